The van der Waals surface area contributed by atoms with Gasteiger partial charge in [0.1, 0.15) is 0 Å². The Morgan fingerprint density at radius 2 is 1.86 bits per heavy atom. The van der Waals surface area contributed by atoms with E-state index in [0.717, 1.165) is 37.5 Å². The zero-order chi connectivity index (χ0) is 26.1. The Morgan fingerprint density at radius 3 is 2.50 bits per heavy atom. The van der Waals surface area contributed by atoms with E-state index in [4.69, 9.17) is 11.6 Å². The number of urea groups is 1. The van der Waals surface area contributed by atoms with Crippen molar-refractivity contribution in [3.8, 4) is 0 Å². The second-order valence-corrected chi connectivity index (χ2v) is 10.2. The number of alkyl halides is 3. The van der Waals surface area contributed by atoms with Crippen LogP contribution in [0, 0.1) is 5.41 Å². The maximum Gasteiger partial charge on any atom is 0.417 e. The van der Waals surface area contributed by atoms with Crippen molar-refractivity contribution in [2.45, 2.75) is 50.8 Å². The van der Waals surface area contributed by atoms with Crippen molar-refractivity contribution in [3.05, 3.63) is 28.8 Å². The molecule has 198 valence electrons. The van der Waals surface area contributed by atoms with E-state index in [1.807, 2.05) is 0 Å². The second kappa shape index (κ2) is 10.5. The minimum absolute atomic E-state index is 0.0250. The number of benzene rings is 1. The first-order valence-electron chi connectivity index (χ1n) is 12.1. The molecule has 0 aromatic heterocycles. The number of nitrogens with one attached hydrogen (secondary N) is 1. The van der Waals surface area contributed by atoms with Gasteiger partial charge in [0.15, 0.2) is 0 Å². The fraction of sp³-hybridized carbons (Fsp3) is 0.625. The first kappa shape index (κ1) is 26.5. The number of rotatable bonds is 5. The summed E-state index contributed by atoms with van der Waals surface area (Å²) in [6.07, 6.45) is -1.29. The molecule has 36 heavy (non-hydrogen) atoms. The molecule has 1 aromatic rings. The molecular weight excluding hydrogens is 501 g/mol. The lowest BCUT2D eigenvalue weighted by Crippen LogP contribution is -2.47. The second-order valence-electron chi connectivity index (χ2n) is 9.81. The lowest BCUT2D eigenvalue weighted by molar-refractivity contribution is -0.137. The van der Waals surface area contributed by atoms with Gasteiger partial charge in [0.2, 0.25) is 11.8 Å². The van der Waals surface area contributed by atoms with Crippen molar-refractivity contribution in [1.82, 2.24) is 14.7 Å². The quantitative estimate of drug-likeness (QED) is 0.608. The Hall–Kier alpha value is -2.53. The van der Waals surface area contributed by atoms with Gasteiger partial charge in [-0.25, -0.2) is 4.79 Å². The van der Waals surface area contributed by atoms with Crippen LogP contribution in [0.25, 0.3) is 0 Å². The topological polar surface area (TPSA) is 93.2 Å². The smallest absolute Gasteiger partial charge is 0.391 e. The molecule has 2 saturated heterocycles. The molecule has 12 heteroatoms. The van der Waals surface area contributed by atoms with Crippen LogP contribution in [0.1, 0.15) is 44.1 Å². The highest BCUT2D eigenvalue weighted by atomic mass is 35.5. The van der Waals surface area contributed by atoms with Gasteiger partial charge in [-0.05, 0) is 49.3 Å². The summed E-state index contributed by atoms with van der Waals surface area (Å²) in [4.78, 5) is 42.5. The van der Waals surface area contributed by atoms with Gasteiger partial charge in [-0.3, -0.25) is 9.59 Å². The van der Waals surface area contributed by atoms with Crippen molar-refractivity contribution in [2.75, 3.05) is 44.6 Å². The van der Waals surface area contributed by atoms with Crippen LogP contribution < -0.4 is 5.32 Å². The van der Waals surface area contributed by atoms with Crippen LogP contribution in [0.4, 0.5) is 23.7 Å². The van der Waals surface area contributed by atoms with E-state index in [2.05, 4.69) is 5.32 Å². The normalized spacial score (nSPS) is 22.0. The predicted molar refractivity (Wildman–Crippen MR) is 126 cm³/mol. The number of hydrogen-bond donors (Lipinski definition) is 2. The van der Waals surface area contributed by atoms with Gasteiger partial charge in [0.25, 0.3) is 0 Å². The number of β-amino-alcohol motifs (C(OH)–C–C–N with tert-alkyl or cyclic N) is 1. The number of aliphatic hydroxyl groups excluding tert-OH is 1. The summed E-state index contributed by atoms with van der Waals surface area (Å²) < 4.78 is 38.6. The van der Waals surface area contributed by atoms with Gasteiger partial charge in [-0.1, -0.05) is 11.6 Å². The van der Waals surface area contributed by atoms with Gasteiger partial charge < -0.3 is 25.1 Å². The number of piperidine rings is 1. The van der Waals surface area contributed by atoms with Crippen molar-refractivity contribution in [3.63, 3.8) is 0 Å². The summed E-state index contributed by atoms with van der Waals surface area (Å²) in [5.74, 6) is -0.151. The van der Waals surface area contributed by atoms with Gasteiger partial charge in [-0.2, -0.15) is 13.2 Å². The molecule has 1 aliphatic carbocycles. The van der Waals surface area contributed by atoms with Crippen LogP contribution in [0.2, 0.25) is 5.02 Å². The van der Waals surface area contributed by atoms with Crippen LogP contribution in [0.15, 0.2) is 18.2 Å². The van der Waals surface area contributed by atoms with Crippen molar-refractivity contribution in [2.24, 2.45) is 5.41 Å². The molecule has 3 aliphatic rings. The van der Waals surface area contributed by atoms with E-state index in [1.165, 1.54) is 4.90 Å². The number of hydrogen-bond acceptors (Lipinski definition) is 4. The van der Waals surface area contributed by atoms with Crippen LogP contribution in [0.5, 0.6) is 0 Å². The summed E-state index contributed by atoms with van der Waals surface area (Å²) in [5.41, 5.74) is -0.828. The Labute approximate surface area is 212 Å². The average Bonchev–Trinajstić information content (AvgIpc) is 3.60. The summed E-state index contributed by atoms with van der Waals surface area (Å²) in [6, 6.07) is 2.44. The van der Waals surface area contributed by atoms with Gasteiger partial charge >= 0.3 is 12.2 Å². The van der Waals surface area contributed by atoms with Crippen LogP contribution in [-0.2, 0) is 15.8 Å². The first-order valence-corrected chi connectivity index (χ1v) is 12.5. The van der Waals surface area contributed by atoms with Crippen molar-refractivity contribution < 1.29 is 32.7 Å². The molecular formula is C24H30ClF3N4O4. The van der Waals surface area contributed by atoms with E-state index in [-0.39, 0.29) is 48.8 Å². The number of nitrogens with zero attached hydrogens (tertiary/aromatic N) is 3. The number of carbonyl (C=O) groups is 3. The van der Waals surface area contributed by atoms with Crippen molar-refractivity contribution >= 4 is 35.1 Å². The van der Waals surface area contributed by atoms with Gasteiger partial charge in [0.05, 0.1) is 16.7 Å². The molecule has 2 heterocycles. The van der Waals surface area contributed by atoms with Gasteiger partial charge in [-0.15, -0.1) is 0 Å². The third kappa shape index (κ3) is 6.05. The highest BCUT2D eigenvalue weighted by Crippen LogP contribution is 2.53. The first-order chi connectivity index (χ1) is 17.0. The maximum absolute atomic E-state index is 12.9. The maximum atomic E-state index is 12.9. The minimum atomic E-state index is -4.59. The van der Waals surface area contributed by atoms with E-state index in [9.17, 15) is 32.7 Å². The SMILES string of the molecule is O=C1CCN(C(=O)Nc2ccc(C(F)(F)F)c(Cl)c2)CCN1CCCC(=O)N1CCC2(CC2)[C@H](O)C1. The number of aliphatic hydroxyl groups is 1. The van der Waals surface area contributed by atoms with Crippen LogP contribution in [-0.4, -0.2) is 83.0 Å². The Bertz CT molecular complexity index is 1020. The van der Waals surface area contributed by atoms with Crippen molar-refractivity contribution in [1.29, 1.82) is 0 Å². The highest BCUT2D eigenvalue weighted by Gasteiger charge is 2.51. The molecule has 1 aromatic carbocycles. The number of carbonyl (C=O) groups excluding carboxylic acids is 3. The average molecular weight is 531 g/mol. The molecule has 0 bridgehead atoms. The number of halogens is 4. The molecule has 3 fully saturated rings. The fourth-order valence-electron chi connectivity index (χ4n) is 4.90. The standard InChI is InChI=1S/C24H30ClF3N4O4/c25-18-14-16(3-4-17(18)24(26,27)28)29-22(36)31-10-5-21(35)30(12-13-31)9-1-2-20(34)32-11-8-23(6-7-23)19(33)15-32/h3-4,14,19,33H,1-2,5-13,15H2,(H,29,36)/t19-/m1/s1. The molecule has 4 amide bonds. The summed E-state index contributed by atoms with van der Waals surface area (Å²) in [6.45, 7) is 2.12. The minimum Gasteiger partial charge on any atom is -0.391 e. The Balaban J connectivity index is 1.23. The lowest BCUT2D eigenvalue weighted by atomic mass is 9.90. The summed E-state index contributed by atoms with van der Waals surface area (Å²) in [5, 5.41) is 12.3. The van der Waals surface area contributed by atoms with Crippen LogP contribution >= 0.6 is 11.6 Å². The lowest BCUT2D eigenvalue weighted by Gasteiger charge is -2.36. The largest absolute Gasteiger partial charge is 0.417 e. The fourth-order valence-corrected chi connectivity index (χ4v) is 5.19. The molecule has 0 unspecified atom stereocenters. The summed E-state index contributed by atoms with van der Waals surface area (Å²) >= 11 is 5.71. The molecule has 1 saturated carbocycles. The van der Waals surface area contributed by atoms with E-state index in [1.54, 1.807) is 9.80 Å². The molecule has 1 atom stereocenters. The third-order valence-corrected chi connectivity index (χ3v) is 7.76. The zero-order valence-corrected chi connectivity index (χ0v) is 20.6. The predicted octanol–water partition coefficient (Wildman–Crippen LogP) is 3.58. The number of amides is 4. The van der Waals surface area contributed by atoms with E-state index < -0.39 is 28.9 Å². The zero-order valence-electron chi connectivity index (χ0n) is 19.8. The molecule has 2 N–H and O–H groups in total. The third-order valence-electron chi connectivity index (χ3n) is 7.44. The van der Waals surface area contributed by atoms with Gasteiger partial charge in [0, 0.05) is 57.8 Å². The number of anilines is 1. The highest BCUT2D eigenvalue weighted by molar-refractivity contribution is 6.31. The molecule has 1 spiro atoms. The van der Waals surface area contributed by atoms with Crippen LogP contribution in [0.3, 0.4) is 0 Å². The monoisotopic (exact) mass is 530 g/mol. The van der Waals surface area contributed by atoms with E-state index >= 15 is 0 Å². The molecule has 0 radical (unpaired) electrons. The molecule has 8 nitrogen and oxygen atoms in total. The number of likely N-dealkylation sites (tertiary alicyclic amines) is 1. The summed E-state index contributed by atoms with van der Waals surface area (Å²) in [7, 11) is 0. The Kier molecular flexibility index (Phi) is 7.70. The molecule has 4 rings (SSSR count). The molecule has 2 aliphatic heterocycles. The Morgan fingerprint density at radius 1 is 1.11 bits per heavy atom. The van der Waals surface area contributed by atoms with E-state index in [0.29, 0.717) is 32.6 Å².